The summed E-state index contributed by atoms with van der Waals surface area (Å²) in [6, 6.07) is 0. The highest BCUT2D eigenvalue weighted by Gasteiger charge is 2.07. The Morgan fingerprint density at radius 3 is 2.57 bits per heavy atom. The van der Waals surface area contributed by atoms with E-state index in [9.17, 15) is 4.79 Å². The van der Waals surface area contributed by atoms with Gasteiger partial charge < -0.3 is 4.74 Å². The summed E-state index contributed by atoms with van der Waals surface area (Å²) in [4.78, 5) is 10.8. The van der Waals surface area contributed by atoms with Gasteiger partial charge in [-0.25, -0.2) is 0 Å². The lowest BCUT2D eigenvalue weighted by Gasteiger charge is -2.10. The van der Waals surface area contributed by atoms with Crippen molar-refractivity contribution in [2.24, 2.45) is 0 Å². The van der Waals surface area contributed by atoms with Gasteiger partial charge in [0, 0.05) is 13.3 Å². The summed E-state index contributed by atoms with van der Waals surface area (Å²) in [6.07, 6.45) is 4.90. The van der Waals surface area contributed by atoms with Crippen molar-refractivity contribution in [1.82, 2.24) is 0 Å². The van der Waals surface area contributed by atoms with Crippen LogP contribution in [0.2, 0.25) is 0 Å². The quantitative estimate of drug-likeness (QED) is 0.384. The number of carbonyl (C=O) groups is 1. The molecule has 0 aliphatic heterocycles. The average Bonchev–Trinajstić information content (AvgIpc) is 2.13. The van der Waals surface area contributed by atoms with Gasteiger partial charge in [-0.1, -0.05) is 38.5 Å². The molecular formula is C12H20O2. The Bertz CT molecular complexity index is 210. The zero-order chi connectivity index (χ0) is 10.8. The second-order valence-electron chi connectivity index (χ2n) is 3.27. The van der Waals surface area contributed by atoms with Crippen molar-refractivity contribution in [3.8, 4) is 11.8 Å². The average molecular weight is 196 g/mol. The SMILES string of the molecule is CCC#CC(CCCCC)OC(C)=O. The third kappa shape index (κ3) is 7.67. The summed E-state index contributed by atoms with van der Waals surface area (Å²) in [5.41, 5.74) is 0. The Labute approximate surface area is 87.0 Å². The van der Waals surface area contributed by atoms with E-state index in [1.165, 1.54) is 19.8 Å². The summed E-state index contributed by atoms with van der Waals surface area (Å²) < 4.78 is 5.09. The van der Waals surface area contributed by atoms with Crippen molar-refractivity contribution < 1.29 is 9.53 Å². The number of unbranched alkanes of at least 4 members (excludes halogenated alkanes) is 2. The largest absolute Gasteiger partial charge is 0.449 e. The van der Waals surface area contributed by atoms with E-state index in [4.69, 9.17) is 4.74 Å². The van der Waals surface area contributed by atoms with Crippen LogP contribution in [0.15, 0.2) is 0 Å². The van der Waals surface area contributed by atoms with Gasteiger partial charge in [-0.3, -0.25) is 4.79 Å². The van der Waals surface area contributed by atoms with Gasteiger partial charge in [-0.2, -0.15) is 0 Å². The highest BCUT2D eigenvalue weighted by molar-refractivity contribution is 5.66. The smallest absolute Gasteiger partial charge is 0.303 e. The van der Waals surface area contributed by atoms with Crippen LogP contribution in [0.5, 0.6) is 0 Å². The standard InChI is InChI=1S/C12H20O2/c1-4-6-8-10-12(9-7-5-2)14-11(3)13/h12H,4-6,8,10H2,1-3H3. The fourth-order valence-corrected chi connectivity index (χ4v) is 1.16. The molecule has 0 saturated carbocycles. The van der Waals surface area contributed by atoms with Crippen molar-refractivity contribution >= 4 is 5.97 Å². The van der Waals surface area contributed by atoms with Gasteiger partial charge in [-0.15, -0.1) is 0 Å². The Hall–Kier alpha value is -0.970. The summed E-state index contributed by atoms with van der Waals surface area (Å²) in [5.74, 6) is 5.68. The van der Waals surface area contributed by atoms with Gasteiger partial charge in [0.15, 0.2) is 6.10 Å². The molecule has 80 valence electrons. The lowest BCUT2D eigenvalue weighted by atomic mass is 10.1. The number of hydrogen-bond donors (Lipinski definition) is 0. The predicted molar refractivity (Wildman–Crippen MR) is 57.8 cm³/mol. The second-order valence-corrected chi connectivity index (χ2v) is 3.27. The zero-order valence-corrected chi connectivity index (χ0v) is 9.43. The Kier molecular flexibility index (Phi) is 8.02. The molecule has 0 fully saturated rings. The van der Waals surface area contributed by atoms with Crippen LogP contribution in [0, 0.1) is 11.8 Å². The first-order valence-corrected chi connectivity index (χ1v) is 5.36. The maximum Gasteiger partial charge on any atom is 0.303 e. The molecular weight excluding hydrogens is 176 g/mol. The van der Waals surface area contributed by atoms with E-state index in [0.717, 1.165) is 19.3 Å². The minimum Gasteiger partial charge on any atom is -0.449 e. The summed E-state index contributed by atoms with van der Waals surface area (Å²) in [7, 11) is 0. The van der Waals surface area contributed by atoms with E-state index in [0.29, 0.717) is 0 Å². The minimum atomic E-state index is -0.239. The van der Waals surface area contributed by atoms with E-state index in [1.807, 2.05) is 6.92 Å². The van der Waals surface area contributed by atoms with Crippen LogP contribution in [0.4, 0.5) is 0 Å². The first-order chi connectivity index (χ1) is 6.70. The number of hydrogen-bond acceptors (Lipinski definition) is 2. The van der Waals surface area contributed by atoms with E-state index in [2.05, 4.69) is 18.8 Å². The highest BCUT2D eigenvalue weighted by atomic mass is 16.5. The molecule has 0 amide bonds. The van der Waals surface area contributed by atoms with Crippen LogP contribution in [-0.2, 0) is 9.53 Å². The molecule has 0 aliphatic carbocycles. The van der Waals surface area contributed by atoms with Crippen LogP contribution in [0.3, 0.4) is 0 Å². The molecule has 0 rings (SSSR count). The fraction of sp³-hybridized carbons (Fsp3) is 0.750. The Balaban J connectivity index is 3.90. The van der Waals surface area contributed by atoms with Crippen molar-refractivity contribution in [2.45, 2.75) is 59.0 Å². The van der Waals surface area contributed by atoms with E-state index >= 15 is 0 Å². The molecule has 0 N–H and O–H groups in total. The van der Waals surface area contributed by atoms with Crippen LogP contribution < -0.4 is 0 Å². The Morgan fingerprint density at radius 1 is 1.36 bits per heavy atom. The molecule has 0 bridgehead atoms. The normalized spacial score (nSPS) is 11.4. The van der Waals surface area contributed by atoms with Crippen molar-refractivity contribution in [3.05, 3.63) is 0 Å². The van der Waals surface area contributed by atoms with Gasteiger partial charge in [0.25, 0.3) is 0 Å². The molecule has 0 aromatic heterocycles. The van der Waals surface area contributed by atoms with Crippen molar-refractivity contribution in [1.29, 1.82) is 0 Å². The third-order valence-corrected chi connectivity index (χ3v) is 1.82. The molecule has 0 aliphatic rings. The second kappa shape index (κ2) is 8.62. The van der Waals surface area contributed by atoms with Crippen molar-refractivity contribution in [2.75, 3.05) is 0 Å². The van der Waals surface area contributed by atoms with E-state index < -0.39 is 0 Å². The first kappa shape index (κ1) is 13.0. The van der Waals surface area contributed by atoms with Crippen LogP contribution in [0.25, 0.3) is 0 Å². The van der Waals surface area contributed by atoms with Gasteiger partial charge in [-0.05, 0) is 12.8 Å². The highest BCUT2D eigenvalue weighted by Crippen LogP contribution is 2.06. The van der Waals surface area contributed by atoms with Crippen LogP contribution >= 0.6 is 0 Å². The van der Waals surface area contributed by atoms with Gasteiger partial charge in [0.2, 0.25) is 0 Å². The maximum atomic E-state index is 10.8. The number of ether oxygens (including phenoxy) is 1. The summed E-state index contributed by atoms with van der Waals surface area (Å²) in [6.45, 7) is 5.57. The zero-order valence-electron chi connectivity index (χ0n) is 9.43. The first-order valence-electron chi connectivity index (χ1n) is 5.36. The molecule has 0 heterocycles. The maximum absolute atomic E-state index is 10.8. The summed E-state index contributed by atoms with van der Waals surface area (Å²) >= 11 is 0. The van der Waals surface area contributed by atoms with E-state index in [1.54, 1.807) is 0 Å². The molecule has 0 radical (unpaired) electrons. The predicted octanol–water partition coefficient (Wildman–Crippen LogP) is 2.91. The number of rotatable bonds is 5. The molecule has 1 unspecified atom stereocenters. The monoisotopic (exact) mass is 196 g/mol. The van der Waals surface area contributed by atoms with Gasteiger partial charge >= 0.3 is 5.97 Å². The van der Waals surface area contributed by atoms with Gasteiger partial charge in [0.1, 0.15) is 0 Å². The van der Waals surface area contributed by atoms with Crippen LogP contribution in [-0.4, -0.2) is 12.1 Å². The number of carbonyl (C=O) groups excluding carboxylic acids is 1. The lowest BCUT2D eigenvalue weighted by Crippen LogP contribution is -2.14. The van der Waals surface area contributed by atoms with Crippen LogP contribution in [0.1, 0.15) is 52.9 Å². The summed E-state index contributed by atoms with van der Waals surface area (Å²) in [5, 5.41) is 0. The van der Waals surface area contributed by atoms with E-state index in [-0.39, 0.29) is 12.1 Å². The molecule has 2 heteroatoms. The molecule has 2 nitrogen and oxygen atoms in total. The minimum absolute atomic E-state index is 0.195. The van der Waals surface area contributed by atoms with Gasteiger partial charge in [0.05, 0.1) is 0 Å². The molecule has 0 saturated heterocycles. The molecule has 0 spiro atoms. The Morgan fingerprint density at radius 2 is 2.07 bits per heavy atom. The fourth-order valence-electron chi connectivity index (χ4n) is 1.16. The molecule has 0 aromatic rings. The topological polar surface area (TPSA) is 26.3 Å². The van der Waals surface area contributed by atoms with Crippen molar-refractivity contribution in [3.63, 3.8) is 0 Å². The molecule has 14 heavy (non-hydrogen) atoms. The molecule has 0 aromatic carbocycles. The number of esters is 1. The lowest BCUT2D eigenvalue weighted by molar-refractivity contribution is -0.144. The molecule has 1 atom stereocenters. The third-order valence-electron chi connectivity index (χ3n) is 1.82.